The lowest BCUT2D eigenvalue weighted by molar-refractivity contribution is 0.100. The highest BCUT2D eigenvalue weighted by molar-refractivity contribution is 5.93. The third-order valence-corrected chi connectivity index (χ3v) is 4.40. The standard InChI is InChI=1S/C18H22N4O3/c1-25-15-6-7-16(21-18(15)24)22(14-8-10-20-11-9-14)13-4-2-12(3-5-13)17(19)23/h2-7,14,20H,8-11H2,1H3,(H2,19,23)(H,21,24). The van der Waals surface area contributed by atoms with Gasteiger partial charge in [-0.25, -0.2) is 0 Å². The van der Waals surface area contributed by atoms with Gasteiger partial charge in [0.2, 0.25) is 5.91 Å². The molecule has 1 saturated heterocycles. The summed E-state index contributed by atoms with van der Waals surface area (Å²) in [5.74, 6) is 0.364. The van der Waals surface area contributed by atoms with Gasteiger partial charge in [-0.15, -0.1) is 0 Å². The Balaban J connectivity index is 2.00. The van der Waals surface area contributed by atoms with Gasteiger partial charge < -0.3 is 25.8 Å². The predicted octanol–water partition coefficient (Wildman–Crippen LogP) is 1.78. The van der Waals surface area contributed by atoms with Crippen LogP contribution in [0.15, 0.2) is 36.4 Å². The summed E-state index contributed by atoms with van der Waals surface area (Å²) in [6.45, 7) is 1.84. The first-order chi connectivity index (χ1) is 12.1. The number of piperidine rings is 1. The SMILES string of the molecule is COc1ccc(N(c2ccc(C(N)=O)cc2)C2CCNCC2)nc1O. The number of amides is 1. The van der Waals surface area contributed by atoms with E-state index in [-0.39, 0.29) is 11.9 Å². The molecule has 0 aliphatic carbocycles. The fourth-order valence-corrected chi connectivity index (χ4v) is 3.10. The quantitative estimate of drug-likeness (QED) is 0.766. The van der Waals surface area contributed by atoms with E-state index in [9.17, 15) is 9.90 Å². The zero-order chi connectivity index (χ0) is 17.8. The summed E-state index contributed by atoms with van der Waals surface area (Å²) in [7, 11) is 1.49. The molecular formula is C18H22N4O3. The number of nitrogens with zero attached hydrogens (tertiary/aromatic N) is 2. The first-order valence-corrected chi connectivity index (χ1v) is 8.24. The smallest absolute Gasteiger partial charge is 0.256 e. The summed E-state index contributed by atoms with van der Waals surface area (Å²) in [4.78, 5) is 17.7. The summed E-state index contributed by atoms with van der Waals surface area (Å²) < 4.78 is 5.08. The molecule has 0 bridgehead atoms. The van der Waals surface area contributed by atoms with Crippen molar-refractivity contribution < 1.29 is 14.6 Å². The molecule has 4 N–H and O–H groups in total. The van der Waals surface area contributed by atoms with E-state index in [1.54, 1.807) is 18.2 Å². The van der Waals surface area contributed by atoms with Crippen molar-refractivity contribution in [1.82, 2.24) is 10.3 Å². The number of nitrogens with two attached hydrogens (primary N) is 1. The van der Waals surface area contributed by atoms with E-state index in [0.717, 1.165) is 31.6 Å². The molecule has 1 fully saturated rings. The van der Waals surface area contributed by atoms with Gasteiger partial charge in [0.1, 0.15) is 5.82 Å². The first-order valence-electron chi connectivity index (χ1n) is 8.24. The van der Waals surface area contributed by atoms with Crippen molar-refractivity contribution in [3.05, 3.63) is 42.0 Å². The number of methoxy groups -OCH3 is 1. The normalized spacial score (nSPS) is 14.9. The van der Waals surface area contributed by atoms with Crippen LogP contribution >= 0.6 is 0 Å². The lowest BCUT2D eigenvalue weighted by Crippen LogP contribution is -2.41. The minimum Gasteiger partial charge on any atom is -0.491 e. The predicted molar refractivity (Wildman–Crippen MR) is 95.4 cm³/mol. The fraction of sp³-hybridized carbons (Fsp3) is 0.333. The Bertz CT molecular complexity index is 742. The van der Waals surface area contributed by atoms with E-state index in [4.69, 9.17) is 10.5 Å². The number of nitrogens with one attached hydrogen (secondary N) is 1. The molecule has 0 spiro atoms. The maximum atomic E-state index is 11.3. The van der Waals surface area contributed by atoms with Crippen molar-refractivity contribution in [3.8, 4) is 11.6 Å². The molecular weight excluding hydrogens is 320 g/mol. The Kier molecular flexibility index (Phi) is 5.04. The number of anilines is 2. The zero-order valence-electron chi connectivity index (χ0n) is 14.1. The van der Waals surface area contributed by atoms with Gasteiger partial charge >= 0.3 is 0 Å². The van der Waals surface area contributed by atoms with Crippen molar-refractivity contribution in [2.24, 2.45) is 5.73 Å². The van der Waals surface area contributed by atoms with Crippen LogP contribution in [0.5, 0.6) is 11.6 Å². The van der Waals surface area contributed by atoms with E-state index in [1.807, 2.05) is 18.2 Å². The molecule has 7 nitrogen and oxygen atoms in total. The number of pyridine rings is 1. The van der Waals surface area contributed by atoms with Crippen LogP contribution in [0.25, 0.3) is 0 Å². The summed E-state index contributed by atoms with van der Waals surface area (Å²) in [5.41, 5.74) is 6.68. The fourth-order valence-electron chi connectivity index (χ4n) is 3.10. The molecule has 7 heteroatoms. The molecule has 1 aliphatic heterocycles. The average molecular weight is 342 g/mol. The van der Waals surface area contributed by atoms with Gasteiger partial charge in [-0.1, -0.05) is 0 Å². The third-order valence-electron chi connectivity index (χ3n) is 4.40. The Morgan fingerprint density at radius 1 is 1.24 bits per heavy atom. The molecule has 0 atom stereocenters. The van der Waals surface area contributed by atoms with Gasteiger partial charge in [0, 0.05) is 17.3 Å². The Hall–Kier alpha value is -2.80. The molecule has 1 aliphatic rings. The summed E-state index contributed by atoms with van der Waals surface area (Å²) >= 11 is 0. The minimum absolute atomic E-state index is 0.146. The van der Waals surface area contributed by atoms with E-state index in [1.165, 1.54) is 7.11 Å². The Morgan fingerprint density at radius 2 is 1.92 bits per heavy atom. The number of carbonyl (C=O) groups is 1. The average Bonchev–Trinajstić information content (AvgIpc) is 2.63. The first kappa shape index (κ1) is 17.0. The van der Waals surface area contributed by atoms with Gasteiger partial charge in [0.05, 0.1) is 7.11 Å². The van der Waals surface area contributed by atoms with Gasteiger partial charge in [0.25, 0.3) is 5.88 Å². The molecule has 2 aromatic rings. The topological polar surface area (TPSA) is 101 Å². The highest BCUT2D eigenvalue weighted by Crippen LogP contribution is 2.33. The molecule has 132 valence electrons. The number of hydrogen-bond donors (Lipinski definition) is 3. The molecule has 0 saturated carbocycles. The van der Waals surface area contributed by atoms with Crippen LogP contribution in [0.1, 0.15) is 23.2 Å². The number of ether oxygens (including phenoxy) is 1. The van der Waals surface area contributed by atoms with Crippen LogP contribution in [-0.4, -0.2) is 42.2 Å². The summed E-state index contributed by atoms with van der Waals surface area (Å²) in [6, 6.07) is 10.9. The van der Waals surface area contributed by atoms with Gasteiger partial charge in [-0.3, -0.25) is 4.79 Å². The van der Waals surface area contributed by atoms with Crippen LogP contribution in [0.4, 0.5) is 11.5 Å². The van der Waals surface area contributed by atoms with Crippen LogP contribution < -0.4 is 20.7 Å². The number of primary amides is 1. The number of carbonyl (C=O) groups excluding carboxylic acids is 1. The highest BCUT2D eigenvalue weighted by atomic mass is 16.5. The van der Waals surface area contributed by atoms with E-state index in [2.05, 4.69) is 15.2 Å². The zero-order valence-corrected chi connectivity index (χ0v) is 14.1. The van der Waals surface area contributed by atoms with Crippen molar-refractivity contribution in [3.63, 3.8) is 0 Å². The number of benzene rings is 1. The van der Waals surface area contributed by atoms with Gasteiger partial charge in [-0.2, -0.15) is 4.98 Å². The monoisotopic (exact) mass is 342 g/mol. The number of hydrogen-bond acceptors (Lipinski definition) is 6. The van der Waals surface area contributed by atoms with Crippen molar-refractivity contribution in [1.29, 1.82) is 0 Å². The molecule has 3 rings (SSSR count). The molecule has 25 heavy (non-hydrogen) atoms. The lowest BCUT2D eigenvalue weighted by Gasteiger charge is -2.35. The van der Waals surface area contributed by atoms with Crippen LogP contribution in [0, 0.1) is 0 Å². The number of rotatable bonds is 5. The van der Waals surface area contributed by atoms with Crippen molar-refractivity contribution >= 4 is 17.4 Å². The highest BCUT2D eigenvalue weighted by Gasteiger charge is 2.24. The largest absolute Gasteiger partial charge is 0.491 e. The van der Waals surface area contributed by atoms with E-state index in [0.29, 0.717) is 17.1 Å². The number of aromatic nitrogens is 1. The maximum Gasteiger partial charge on any atom is 0.256 e. The summed E-state index contributed by atoms with van der Waals surface area (Å²) in [5, 5.41) is 13.4. The van der Waals surface area contributed by atoms with Crippen molar-refractivity contribution in [2.75, 3.05) is 25.1 Å². The number of aromatic hydroxyl groups is 1. The second-order valence-electron chi connectivity index (χ2n) is 5.96. The van der Waals surface area contributed by atoms with Crippen LogP contribution in [-0.2, 0) is 0 Å². The molecule has 1 amide bonds. The Labute approximate surface area is 146 Å². The molecule has 0 radical (unpaired) electrons. The minimum atomic E-state index is -0.458. The van der Waals surface area contributed by atoms with Gasteiger partial charge in [0.15, 0.2) is 5.75 Å². The van der Waals surface area contributed by atoms with E-state index >= 15 is 0 Å². The van der Waals surface area contributed by atoms with Crippen molar-refractivity contribution in [2.45, 2.75) is 18.9 Å². The lowest BCUT2D eigenvalue weighted by atomic mass is 10.0. The second-order valence-corrected chi connectivity index (χ2v) is 5.96. The molecule has 0 unspecified atom stereocenters. The second kappa shape index (κ2) is 7.40. The Morgan fingerprint density at radius 3 is 2.48 bits per heavy atom. The molecule has 1 aromatic carbocycles. The molecule has 2 heterocycles. The maximum absolute atomic E-state index is 11.3. The van der Waals surface area contributed by atoms with Gasteiger partial charge in [-0.05, 0) is 62.3 Å². The molecule has 1 aromatic heterocycles. The van der Waals surface area contributed by atoms with E-state index < -0.39 is 5.91 Å². The summed E-state index contributed by atoms with van der Waals surface area (Å²) in [6.07, 6.45) is 1.90. The third kappa shape index (κ3) is 3.66. The van der Waals surface area contributed by atoms with Crippen LogP contribution in [0.3, 0.4) is 0 Å². The van der Waals surface area contributed by atoms with Crippen LogP contribution in [0.2, 0.25) is 0 Å².